The average molecular weight is 355 g/mol. The van der Waals surface area contributed by atoms with E-state index in [9.17, 15) is 9.59 Å². The van der Waals surface area contributed by atoms with E-state index < -0.39 is 0 Å². The van der Waals surface area contributed by atoms with Crippen molar-refractivity contribution in [3.8, 4) is 0 Å². The van der Waals surface area contributed by atoms with Gasteiger partial charge in [-0.05, 0) is 36.8 Å². The zero-order chi connectivity index (χ0) is 18.5. The Balaban J connectivity index is 1.52. The number of hydrogen-bond donors (Lipinski definition) is 1. The first-order valence-electron chi connectivity index (χ1n) is 9.63. The van der Waals surface area contributed by atoms with Gasteiger partial charge < -0.3 is 14.8 Å². The second-order valence-electron chi connectivity index (χ2n) is 7.43. The van der Waals surface area contributed by atoms with Gasteiger partial charge in [0.25, 0.3) is 0 Å². The predicted molar refractivity (Wildman–Crippen MR) is 104 cm³/mol. The lowest BCUT2D eigenvalue weighted by atomic mass is 9.99. The molecular weight excluding hydrogens is 326 g/mol. The van der Waals surface area contributed by atoms with Gasteiger partial charge in [-0.3, -0.25) is 9.59 Å². The number of nitrogens with one attached hydrogen (secondary N) is 1. The number of carbonyl (C=O) groups excluding carboxylic acids is 2. The Morgan fingerprint density at radius 1 is 1.19 bits per heavy atom. The fraction of sp³-hybridized carbons (Fsp3) is 0.524. The Labute approximate surface area is 155 Å². The van der Waals surface area contributed by atoms with Crippen molar-refractivity contribution in [2.24, 2.45) is 5.92 Å². The Morgan fingerprint density at radius 3 is 2.65 bits per heavy atom. The number of para-hydroxylation sites is 1. The molecule has 5 heteroatoms. The molecular formula is C21H29N3O2. The topological polar surface area (TPSA) is 56.4 Å². The number of amides is 2. The summed E-state index contributed by atoms with van der Waals surface area (Å²) in [5.41, 5.74) is 2.33. The summed E-state index contributed by atoms with van der Waals surface area (Å²) in [6.07, 6.45) is 5.40. The highest BCUT2D eigenvalue weighted by Gasteiger charge is 2.21. The van der Waals surface area contributed by atoms with Crippen LogP contribution in [0, 0.1) is 5.92 Å². The summed E-state index contributed by atoms with van der Waals surface area (Å²) in [5.74, 6) is 0.920. The minimum Gasteiger partial charge on any atom is -0.361 e. The first-order chi connectivity index (χ1) is 12.5. The molecule has 1 N–H and O–H groups in total. The molecule has 2 aromatic rings. The number of hydrogen-bond acceptors (Lipinski definition) is 2. The lowest BCUT2D eigenvalue weighted by Gasteiger charge is -2.31. The zero-order valence-electron chi connectivity index (χ0n) is 15.8. The van der Waals surface area contributed by atoms with Crippen molar-refractivity contribution in [3.05, 3.63) is 36.0 Å². The molecule has 1 saturated heterocycles. The molecule has 1 aromatic carbocycles. The van der Waals surface area contributed by atoms with Crippen molar-refractivity contribution in [1.82, 2.24) is 14.8 Å². The molecule has 1 aliphatic rings. The van der Waals surface area contributed by atoms with Gasteiger partial charge in [-0.15, -0.1) is 0 Å². The molecule has 2 amide bonds. The van der Waals surface area contributed by atoms with Crippen molar-refractivity contribution in [2.45, 2.75) is 39.5 Å². The number of aromatic nitrogens is 1. The maximum atomic E-state index is 12.4. The number of aromatic amines is 1. The van der Waals surface area contributed by atoms with Gasteiger partial charge >= 0.3 is 0 Å². The lowest BCUT2D eigenvalue weighted by molar-refractivity contribution is -0.134. The molecule has 1 fully saturated rings. The molecule has 0 saturated carbocycles. The number of benzene rings is 1. The highest BCUT2D eigenvalue weighted by Crippen LogP contribution is 2.19. The van der Waals surface area contributed by atoms with E-state index in [1.165, 1.54) is 10.9 Å². The maximum Gasteiger partial charge on any atom is 0.224 e. The minimum absolute atomic E-state index is 0.0323. The van der Waals surface area contributed by atoms with Gasteiger partial charge in [0.05, 0.1) is 0 Å². The van der Waals surface area contributed by atoms with Gasteiger partial charge in [0.15, 0.2) is 0 Å². The third-order valence-electron chi connectivity index (χ3n) is 5.50. The van der Waals surface area contributed by atoms with Crippen LogP contribution in [0.4, 0.5) is 0 Å². The molecule has 1 aliphatic heterocycles. The fourth-order valence-electron chi connectivity index (χ4n) is 3.67. The predicted octanol–water partition coefficient (Wildman–Crippen LogP) is 3.21. The third kappa shape index (κ3) is 4.45. The van der Waals surface area contributed by atoms with E-state index in [4.69, 9.17) is 0 Å². The summed E-state index contributed by atoms with van der Waals surface area (Å²) < 4.78 is 0. The van der Waals surface area contributed by atoms with E-state index in [2.05, 4.69) is 24.0 Å². The van der Waals surface area contributed by atoms with Crippen LogP contribution in [0.5, 0.6) is 0 Å². The minimum atomic E-state index is 0.0323. The average Bonchev–Trinajstić information content (AvgIpc) is 3.05. The molecule has 3 rings (SSSR count). The molecule has 2 heterocycles. The molecule has 0 radical (unpaired) electrons. The Morgan fingerprint density at radius 2 is 1.92 bits per heavy atom. The van der Waals surface area contributed by atoms with Crippen LogP contribution in [0.2, 0.25) is 0 Å². The van der Waals surface area contributed by atoms with Crippen LogP contribution in [-0.4, -0.2) is 52.8 Å². The highest BCUT2D eigenvalue weighted by atomic mass is 16.2. The van der Waals surface area contributed by atoms with Gasteiger partial charge in [0.1, 0.15) is 0 Å². The second-order valence-corrected chi connectivity index (χ2v) is 7.43. The van der Waals surface area contributed by atoms with Crippen LogP contribution in [0.3, 0.4) is 0 Å². The molecule has 5 nitrogen and oxygen atoms in total. The number of likely N-dealkylation sites (tertiary alicyclic amines) is 1. The quantitative estimate of drug-likeness (QED) is 0.865. The van der Waals surface area contributed by atoms with Crippen molar-refractivity contribution in [2.75, 3.05) is 26.2 Å². The van der Waals surface area contributed by atoms with E-state index in [1.54, 1.807) is 11.8 Å². The van der Waals surface area contributed by atoms with E-state index in [-0.39, 0.29) is 11.8 Å². The van der Waals surface area contributed by atoms with Crippen LogP contribution >= 0.6 is 0 Å². The first-order valence-corrected chi connectivity index (χ1v) is 9.63. The van der Waals surface area contributed by atoms with Crippen molar-refractivity contribution < 1.29 is 9.59 Å². The smallest absolute Gasteiger partial charge is 0.224 e. The molecule has 0 atom stereocenters. The van der Waals surface area contributed by atoms with Gasteiger partial charge in [-0.1, -0.05) is 25.1 Å². The van der Waals surface area contributed by atoms with E-state index in [0.717, 1.165) is 37.9 Å². The zero-order valence-corrected chi connectivity index (χ0v) is 15.8. The Kier molecular flexibility index (Phi) is 5.96. The van der Waals surface area contributed by atoms with Crippen LogP contribution in [-0.2, 0) is 16.0 Å². The largest absolute Gasteiger partial charge is 0.361 e. The molecule has 0 aliphatic carbocycles. The summed E-state index contributed by atoms with van der Waals surface area (Å²) in [4.78, 5) is 31.4. The molecule has 26 heavy (non-hydrogen) atoms. The van der Waals surface area contributed by atoms with Gasteiger partial charge in [-0.2, -0.15) is 0 Å². The SMILES string of the molecule is CC(=O)N(CCC(=O)N1CCC(C)CC1)CCc1c[nH]c2ccccc12. The van der Waals surface area contributed by atoms with Crippen LogP contribution < -0.4 is 0 Å². The standard InChI is InChI=1S/C21H29N3O2/c1-16-7-11-24(12-8-16)21(26)10-14-23(17(2)25)13-9-18-15-22-20-6-4-3-5-19(18)20/h3-6,15-16,22H,7-14H2,1-2H3. The van der Waals surface area contributed by atoms with E-state index in [0.29, 0.717) is 25.4 Å². The Bertz CT molecular complexity index is 759. The summed E-state index contributed by atoms with van der Waals surface area (Å²) in [5, 5.41) is 1.20. The normalized spacial score (nSPS) is 15.4. The summed E-state index contributed by atoms with van der Waals surface area (Å²) in [7, 11) is 0. The number of H-pyrrole nitrogens is 1. The van der Waals surface area contributed by atoms with Crippen LogP contribution in [0.25, 0.3) is 10.9 Å². The number of nitrogens with zero attached hydrogens (tertiary/aromatic N) is 2. The number of rotatable bonds is 6. The maximum absolute atomic E-state index is 12.4. The van der Waals surface area contributed by atoms with Gasteiger partial charge in [-0.25, -0.2) is 0 Å². The number of piperidine rings is 1. The highest BCUT2D eigenvalue weighted by molar-refractivity contribution is 5.83. The fourth-order valence-corrected chi connectivity index (χ4v) is 3.67. The number of carbonyl (C=O) groups is 2. The van der Waals surface area contributed by atoms with Crippen LogP contribution in [0.15, 0.2) is 30.5 Å². The monoisotopic (exact) mass is 355 g/mol. The molecule has 0 bridgehead atoms. The van der Waals surface area contributed by atoms with Gasteiger partial charge in [0, 0.05) is 56.6 Å². The van der Waals surface area contributed by atoms with Gasteiger partial charge in [0.2, 0.25) is 11.8 Å². The lowest BCUT2D eigenvalue weighted by Crippen LogP contribution is -2.40. The molecule has 140 valence electrons. The van der Waals surface area contributed by atoms with Crippen LogP contribution in [0.1, 0.15) is 38.7 Å². The van der Waals surface area contributed by atoms with E-state index >= 15 is 0 Å². The summed E-state index contributed by atoms with van der Waals surface area (Å²) in [6, 6.07) is 8.19. The van der Waals surface area contributed by atoms with Crippen molar-refractivity contribution in [1.29, 1.82) is 0 Å². The second kappa shape index (κ2) is 8.39. The summed E-state index contributed by atoms with van der Waals surface area (Å²) >= 11 is 0. The Hall–Kier alpha value is -2.30. The third-order valence-corrected chi connectivity index (χ3v) is 5.50. The number of fused-ring (bicyclic) bond motifs is 1. The molecule has 1 aromatic heterocycles. The molecule has 0 unspecified atom stereocenters. The first kappa shape index (κ1) is 18.5. The van der Waals surface area contributed by atoms with Crippen molar-refractivity contribution in [3.63, 3.8) is 0 Å². The van der Waals surface area contributed by atoms with Crippen molar-refractivity contribution >= 4 is 22.7 Å². The molecule has 0 spiro atoms. The van der Waals surface area contributed by atoms with E-state index in [1.807, 2.05) is 23.2 Å². The summed E-state index contributed by atoms with van der Waals surface area (Å²) in [6.45, 7) is 6.68.